The lowest BCUT2D eigenvalue weighted by Crippen LogP contribution is -2.24. The molecule has 3 heteroatoms. The summed E-state index contributed by atoms with van der Waals surface area (Å²) in [6.07, 6.45) is 3.10. The second-order valence-electron chi connectivity index (χ2n) is 3.41. The van der Waals surface area contributed by atoms with Crippen LogP contribution in [0.3, 0.4) is 0 Å². The third kappa shape index (κ3) is 6.50. The SMILES string of the molecule is CC.CC.Oc1ccc(OC2CCCCO2)cc1. The first-order valence-corrected chi connectivity index (χ1v) is 6.92. The Morgan fingerprint density at radius 2 is 1.67 bits per heavy atom. The number of ether oxygens (including phenoxy) is 2. The van der Waals surface area contributed by atoms with Crippen molar-refractivity contribution >= 4 is 0 Å². The van der Waals surface area contributed by atoms with Crippen molar-refractivity contribution in [3.63, 3.8) is 0 Å². The molecule has 1 atom stereocenters. The van der Waals surface area contributed by atoms with Crippen molar-refractivity contribution in [2.24, 2.45) is 0 Å². The van der Waals surface area contributed by atoms with Crippen molar-refractivity contribution in [1.82, 2.24) is 0 Å². The third-order valence-electron chi connectivity index (χ3n) is 2.24. The molecule has 1 saturated heterocycles. The van der Waals surface area contributed by atoms with Gasteiger partial charge >= 0.3 is 0 Å². The predicted molar refractivity (Wildman–Crippen MR) is 75.0 cm³/mol. The highest BCUT2D eigenvalue weighted by Crippen LogP contribution is 2.21. The van der Waals surface area contributed by atoms with Gasteiger partial charge in [0.15, 0.2) is 6.29 Å². The molecule has 1 aliphatic rings. The lowest BCUT2D eigenvalue weighted by Gasteiger charge is -2.23. The monoisotopic (exact) mass is 254 g/mol. The number of benzene rings is 1. The van der Waals surface area contributed by atoms with E-state index in [1.807, 2.05) is 27.7 Å². The molecule has 1 aromatic rings. The smallest absolute Gasteiger partial charge is 0.199 e. The van der Waals surface area contributed by atoms with Crippen LogP contribution in [0, 0.1) is 0 Å². The summed E-state index contributed by atoms with van der Waals surface area (Å²) in [7, 11) is 0. The van der Waals surface area contributed by atoms with Crippen LogP contribution in [0.15, 0.2) is 24.3 Å². The average molecular weight is 254 g/mol. The van der Waals surface area contributed by atoms with Crippen LogP contribution in [0.25, 0.3) is 0 Å². The van der Waals surface area contributed by atoms with Crippen molar-refractivity contribution in [3.8, 4) is 11.5 Å². The Labute approximate surface area is 111 Å². The van der Waals surface area contributed by atoms with Crippen LogP contribution in [-0.4, -0.2) is 18.0 Å². The van der Waals surface area contributed by atoms with Gasteiger partial charge in [-0.2, -0.15) is 0 Å². The van der Waals surface area contributed by atoms with Gasteiger partial charge in [0.1, 0.15) is 11.5 Å². The molecule has 18 heavy (non-hydrogen) atoms. The number of phenolic OH excluding ortho intramolecular Hbond substituents is 1. The lowest BCUT2D eigenvalue weighted by molar-refractivity contribution is -0.105. The average Bonchev–Trinajstić information content (AvgIpc) is 2.47. The minimum absolute atomic E-state index is 0.117. The Hall–Kier alpha value is -1.22. The van der Waals surface area contributed by atoms with E-state index in [0.29, 0.717) is 0 Å². The Balaban J connectivity index is 0.000000659. The predicted octanol–water partition coefficient (Wildman–Crippen LogP) is 4.35. The van der Waals surface area contributed by atoms with E-state index in [1.165, 1.54) is 0 Å². The van der Waals surface area contributed by atoms with Gasteiger partial charge in [-0.25, -0.2) is 0 Å². The van der Waals surface area contributed by atoms with E-state index in [-0.39, 0.29) is 12.0 Å². The molecule has 0 aromatic heterocycles. The van der Waals surface area contributed by atoms with Crippen molar-refractivity contribution in [2.75, 3.05) is 6.61 Å². The molecule has 1 aliphatic heterocycles. The van der Waals surface area contributed by atoms with Gasteiger partial charge in [-0.05, 0) is 37.1 Å². The van der Waals surface area contributed by atoms with Crippen molar-refractivity contribution in [1.29, 1.82) is 0 Å². The van der Waals surface area contributed by atoms with Crippen LogP contribution >= 0.6 is 0 Å². The molecule has 0 radical (unpaired) electrons. The van der Waals surface area contributed by atoms with E-state index in [4.69, 9.17) is 14.6 Å². The molecule has 0 amide bonds. The molecular weight excluding hydrogens is 228 g/mol. The maximum atomic E-state index is 9.08. The summed E-state index contributed by atoms with van der Waals surface area (Å²) < 4.78 is 11.0. The topological polar surface area (TPSA) is 38.7 Å². The van der Waals surface area contributed by atoms with Gasteiger partial charge in [-0.1, -0.05) is 27.7 Å². The zero-order valence-corrected chi connectivity index (χ0v) is 12.0. The first-order valence-electron chi connectivity index (χ1n) is 6.92. The van der Waals surface area contributed by atoms with E-state index in [9.17, 15) is 0 Å². The van der Waals surface area contributed by atoms with E-state index in [0.717, 1.165) is 31.6 Å². The van der Waals surface area contributed by atoms with Gasteiger partial charge in [-0.15, -0.1) is 0 Å². The molecule has 2 rings (SSSR count). The molecule has 1 aromatic carbocycles. The molecule has 0 spiro atoms. The quantitative estimate of drug-likeness (QED) is 0.852. The van der Waals surface area contributed by atoms with Crippen LogP contribution in [-0.2, 0) is 4.74 Å². The number of hydrogen-bond acceptors (Lipinski definition) is 3. The molecule has 0 bridgehead atoms. The summed E-state index contributed by atoms with van der Waals surface area (Å²) in [4.78, 5) is 0. The standard InChI is InChI=1S/C11H14O3.2C2H6/c12-9-4-6-10(7-5-9)14-11-3-1-2-8-13-11;2*1-2/h4-7,11-12H,1-3,8H2;2*1-2H3. The number of rotatable bonds is 2. The molecule has 0 saturated carbocycles. The molecule has 0 aliphatic carbocycles. The Morgan fingerprint density at radius 1 is 1.06 bits per heavy atom. The van der Waals surface area contributed by atoms with Crippen LogP contribution in [0.2, 0.25) is 0 Å². The van der Waals surface area contributed by atoms with Crippen LogP contribution < -0.4 is 4.74 Å². The van der Waals surface area contributed by atoms with E-state index < -0.39 is 0 Å². The van der Waals surface area contributed by atoms with Gasteiger partial charge < -0.3 is 14.6 Å². The minimum atomic E-state index is -0.117. The maximum absolute atomic E-state index is 9.08. The summed E-state index contributed by atoms with van der Waals surface area (Å²) in [6.45, 7) is 8.78. The van der Waals surface area contributed by atoms with Gasteiger partial charge in [0.2, 0.25) is 0 Å². The highest BCUT2D eigenvalue weighted by Gasteiger charge is 2.14. The summed E-state index contributed by atoms with van der Waals surface area (Å²) in [6, 6.07) is 6.71. The lowest BCUT2D eigenvalue weighted by atomic mass is 10.2. The summed E-state index contributed by atoms with van der Waals surface area (Å²) >= 11 is 0. The zero-order valence-electron chi connectivity index (χ0n) is 12.0. The van der Waals surface area contributed by atoms with E-state index in [2.05, 4.69) is 0 Å². The first kappa shape index (κ1) is 16.8. The maximum Gasteiger partial charge on any atom is 0.199 e. The molecule has 1 heterocycles. The van der Waals surface area contributed by atoms with Gasteiger partial charge in [0.25, 0.3) is 0 Å². The normalized spacial score (nSPS) is 17.7. The highest BCUT2D eigenvalue weighted by atomic mass is 16.7. The number of hydrogen-bond donors (Lipinski definition) is 1. The largest absolute Gasteiger partial charge is 0.508 e. The first-order chi connectivity index (χ1) is 8.84. The van der Waals surface area contributed by atoms with E-state index in [1.54, 1.807) is 24.3 Å². The van der Waals surface area contributed by atoms with Gasteiger partial charge in [0, 0.05) is 6.42 Å². The molecule has 1 fully saturated rings. The van der Waals surface area contributed by atoms with Gasteiger partial charge in [-0.3, -0.25) is 0 Å². The molecular formula is C15H26O3. The fraction of sp³-hybridized carbons (Fsp3) is 0.600. The zero-order chi connectivity index (χ0) is 13.8. The van der Waals surface area contributed by atoms with Crippen molar-refractivity contribution in [2.45, 2.75) is 53.2 Å². The summed E-state index contributed by atoms with van der Waals surface area (Å²) in [5.74, 6) is 0.997. The second kappa shape index (κ2) is 10.9. The summed E-state index contributed by atoms with van der Waals surface area (Å²) in [5.41, 5.74) is 0. The third-order valence-corrected chi connectivity index (χ3v) is 2.24. The minimum Gasteiger partial charge on any atom is -0.508 e. The fourth-order valence-electron chi connectivity index (χ4n) is 1.48. The van der Waals surface area contributed by atoms with Crippen molar-refractivity contribution in [3.05, 3.63) is 24.3 Å². The molecule has 1 N–H and O–H groups in total. The Morgan fingerprint density at radius 3 is 2.17 bits per heavy atom. The highest BCUT2D eigenvalue weighted by molar-refractivity contribution is 5.30. The molecule has 3 nitrogen and oxygen atoms in total. The van der Waals surface area contributed by atoms with Gasteiger partial charge in [0.05, 0.1) is 6.61 Å². The second-order valence-corrected chi connectivity index (χ2v) is 3.41. The molecule has 104 valence electrons. The van der Waals surface area contributed by atoms with Crippen molar-refractivity contribution < 1.29 is 14.6 Å². The Bertz CT molecular complexity index is 276. The Kier molecular flexibility index (Phi) is 10.2. The molecule has 1 unspecified atom stereocenters. The summed E-state index contributed by atoms with van der Waals surface area (Å²) in [5, 5.41) is 9.08. The van der Waals surface area contributed by atoms with E-state index >= 15 is 0 Å². The van der Waals surface area contributed by atoms with Crippen LogP contribution in [0.1, 0.15) is 47.0 Å². The number of aromatic hydroxyl groups is 1. The van der Waals surface area contributed by atoms with Crippen LogP contribution in [0.4, 0.5) is 0 Å². The van der Waals surface area contributed by atoms with Crippen LogP contribution in [0.5, 0.6) is 11.5 Å². The number of phenols is 1. The fourth-order valence-corrected chi connectivity index (χ4v) is 1.48.